The summed E-state index contributed by atoms with van der Waals surface area (Å²) in [6.07, 6.45) is 0.543. The number of halogens is 1. The maximum absolute atomic E-state index is 13.7. The lowest BCUT2D eigenvalue weighted by molar-refractivity contribution is 0.368. The average molecular weight is 308 g/mol. The minimum Gasteiger partial charge on any atom is -0.494 e. The Labute approximate surface area is 124 Å². The summed E-state index contributed by atoms with van der Waals surface area (Å²) >= 11 is 5.27. The Hall–Kier alpha value is -2.22. The van der Waals surface area contributed by atoms with Gasteiger partial charge in [0.1, 0.15) is 0 Å². The highest BCUT2D eigenvalue weighted by atomic mass is 32.1. The van der Waals surface area contributed by atoms with E-state index in [1.54, 1.807) is 13.0 Å². The van der Waals surface area contributed by atoms with E-state index < -0.39 is 5.82 Å². The Kier molecular flexibility index (Phi) is 3.46. The van der Waals surface area contributed by atoms with Crippen LogP contribution in [0.4, 0.5) is 4.39 Å². The molecule has 0 atom stereocenters. The van der Waals surface area contributed by atoms with Crippen molar-refractivity contribution in [2.24, 2.45) is 0 Å². The summed E-state index contributed by atoms with van der Waals surface area (Å²) in [6.45, 7) is 2.31. The highest BCUT2D eigenvalue weighted by molar-refractivity contribution is 7.71. The average Bonchev–Trinajstić information content (AvgIpc) is 2.98. The molecule has 0 aliphatic carbocycles. The minimum absolute atomic E-state index is 0.180. The van der Waals surface area contributed by atoms with Gasteiger partial charge in [-0.3, -0.25) is 0 Å². The van der Waals surface area contributed by atoms with Crippen molar-refractivity contribution in [3.63, 3.8) is 0 Å². The third-order valence-electron chi connectivity index (χ3n) is 3.17. The summed E-state index contributed by atoms with van der Waals surface area (Å²) in [5.41, 5.74) is 1.40. The molecule has 8 heteroatoms. The predicted octanol–water partition coefficient (Wildman–Crippen LogP) is 2.78. The minimum atomic E-state index is -0.430. The molecule has 0 radical (unpaired) electrons. The maximum atomic E-state index is 13.7. The van der Waals surface area contributed by atoms with E-state index in [0.717, 1.165) is 5.52 Å². The van der Waals surface area contributed by atoms with Crippen LogP contribution >= 0.6 is 12.2 Å². The summed E-state index contributed by atoms with van der Waals surface area (Å²) < 4.78 is 26.1. The molecule has 1 aromatic carbocycles. The maximum Gasteiger partial charge on any atom is 0.228 e. The van der Waals surface area contributed by atoms with Gasteiger partial charge in [0, 0.05) is 25.1 Å². The standard InChI is InChI=1S/C13H13FN4O2S/c1-7-15-12(20-17-7)3-4-18-10-6-11(19-2)8(14)5-9(10)16-13(18)21/h5-6H,3-4H2,1-2H3,(H,16,21). The van der Waals surface area contributed by atoms with Crippen LogP contribution in [0.5, 0.6) is 5.75 Å². The van der Waals surface area contributed by atoms with Gasteiger partial charge < -0.3 is 18.8 Å². The fourth-order valence-electron chi connectivity index (χ4n) is 2.19. The molecule has 2 heterocycles. The van der Waals surface area contributed by atoms with E-state index in [9.17, 15) is 4.39 Å². The second-order valence-corrected chi connectivity index (χ2v) is 4.96. The number of aromatic nitrogens is 4. The molecule has 0 unspecified atom stereocenters. The first-order valence-corrected chi connectivity index (χ1v) is 6.74. The van der Waals surface area contributed by atoms with Crippen LogP contribution in [0.15, 0.2) is 16.7 Å². The van der Waals surface area contributed by atoms with Crippen molar-refractivity contribution in [1.82, 2.24) is 19.7 Å². The van der Waals surface area contributed by atoms with Crippen molar-refractivity contribution >= 4 is 23.3 Å². The molecule has 21 heavy (non-hydrogen) atoms. The van der Waals surface area contributed by atoms with Gasteiger partial charge >= 0.3 is 0 Å². The number of H-pyrrole nitrogens is 1. The Bertz CT molecular complexity index is 852. The highest BCUT2D eigenvalue weighted by Gasteiger charge is 2.11. The van der Waals surface area contributed by atoms with E-state index in [0.29, 0.717) is 35.0 Å². The molecule has 2 aromatic heterocycles. The third-order valence-corrected chi connectivity index (χ3v) is 3.49. The Morgan fingerprint density at radius 2 is 2.29 bits per heavy atom. The van der Waals surface area contributed by atoms with E-state index >= 15 is 0 Å². The molecule has 0 amide bonds. The molecule has 3 aromatic rings. The zero-order chi connectivity index (χ0) is 15.0. The molecule has 0 saturated carbocycles. The summed E-state index contributed by atoms with van der Waals surface area (Å²) in [7, 11) is 1.43. The number of ether oxygens (including phenoxy) is 1. The topological polar surface area (TPSA) is 68.9 Å². The van der Waals surface area contributed by atoms with Crippen LogP contribution in [0, 0.1) is 17.5 Å². The van der Waals surface area contributed by atoms with Gasteiger partial charge in [-0.05, 0) is 19.1 Å². The summed E-state index contributed by atoms with van der Waals surface area (Å²) in [6, 6.07) is 2.99. The summed E-state index contributed by atoms with van der Waals surface area (Å²) in [4.78, 5) is 7.12. The van der Waals surface area contributed by atoms with E-state index in [-0.39, 0.29) is 5.75 Å². The molecule has 3 rings (SSSR count). The molecule has 6 nitrogen and oxygen atoms in total. The highest BCUT2D eigenvalue weighted by Crippen LogP contribution is 2.24. The lowest BCUT2D eigenvalue weighted by Crippen LogP contribution is -2.02. The predicted molar refractivity (Wildman–Crippen MR) is 76.4 cm³/mol. The fraction of sp³-hybridized carbons (Fsp3) is 0.308. The number of aryl methyl sites for hydroxylation is 3. The SMILES string of the molecule is COc1cc2c(cc1F)[nH]c(=S)n2CCc1nc(C)no1. The van der Waals surface area contributed by atoms with Gasteiger partial charge in [-0.15, -0.1) is 0 Å². The smallest absolute Gasteiger partial charge is 0.228 e. The molecule has 110 valence electrons. The van der Waals surface area contributed by atoms with Crippen molar-refractivity contribution in [2.75, 3.05) is 7.11 Å². The molecule has 0 bridgehead atoms. The van der Waals surface area contributed by atoms with Crippen molar-refractivity contribution < 1.29 is 13.7 Å². The summed E-state index contributed by atoms with van der Waals surface area (Å²) in [5, 5.41) is 3.74. The molecule has 1 N–H and O–H groups in total. The Morgan fingerprint density at radius 1 is 1.48 bits per heavy atom. The van der Waals surface area contributed by atoms with Crippen molar-refractivity contribution in [2.45, 2.75) is 19.9 Å². The van der Waals surface area contributed by atoms with E-state index in [1.807, 2.05) is 4.57 Å². The number of hydrogen-bond acceptors (Lipinski definition) is 5. The molecule has 0 saturated heterocycles. The zero-order valence-electron chi connectivity index (χ0n) is 11.5. The number of benzene rings is 1. The number of imidazole rings is 1. The summed E-state index contributed by atoms with van der Waals surface area (Å²) in [5.74, 6) is 0.883. The van der Waals surface area contributed by atoms with Crippen molar-refractivity contribution in [3.8, 4) is 5.75 Å². The number of methoxy groups -OCH3 is 1. The van der Waals surface area contributed by atoms with Crippen molar-refractivity contribution in [3.05, 3.63) is 34.4 Å². The second-order valence-electron chi connectivity index (χ2n) is 4.57. The molecule has 0 aliphatic rings. The number of nitrogens with one attached hydrogen (secondary N) is 1. The molecule has 0 spiro atoms. The third kappa shape index (κ3) is 2.54. The largest absolute Gasteiger partial charge is 0.494 e. The quantitative estimate of drug-likeness (QED) is 0.751. The van der Waals surface area contributed by atoms with Gasteiger partial charge in [0.05, 0.1) is 18.1 Å². The van der Waals surface area contributed by atoms with Crippen LogP contribution in [-0.4, -0.2) is 26.8 Å². The van der Waals surface area contributed by atoms with Gasteiger partial charge in [-0.2, -0.15) is 4.98 Å². The van der Waals surface area contributed by atoms with Crippen LogP contribution < -0.4 is 4.74 Å². The molecular weight excluding hydrogens is 295 g/mol. The van der Waals surface area contributed by atoms with Crippen LogP contribution in [0.1, 0.15) is 11.7 Å². The number of hydrogen-bond donors (Lipinski definition) is 1. The molecular formula is C13H13FN4O2S. The molecule has 0 fully saturated rings. The number of aromatic amines is 1. The Balaban J connectivity index is 1.97. The number of rotatable bonds is 4. The van der Waals surface area contributed by atoms with E-state index in [2.05, 4.69) is 15.1 Å². The fourth-order valence-corrected chi connectivity index (χ4v) is 2.49. The first-order valence-electron chi connectivity index (χ1n) is 6.33. The first kappa shape index (κ1) is 13.7. The van der Waals surface area contributed by atoms with Gasteiger partial charge in [0.15, 0.2) is 22.2 Å². The van der Waals surface area contributed by atoms with Gasteiger partial charge in [-0.1, -0.05) is 5.16 Å². The van der Waals surface area contributed by atoms with Gasteiger partial charge in [-0.25, -0.2) is 4.39 Å². The van der Waals surface area contributed by atoms with Crippen LogP contribution in [0.25, 0.3) is 11.0 Å². The first-order chi connectivity index (χ1) is 10.1. The van der Waals surface area contributed by atoms with Gasteiger partial charge in [0.25, 0.3) is 0 Å². The Morgan fingerprint density at radius 3 is 2.95 bits per heavy atom. The number of nitrogens with zero attached hydrogens (tertiary/aromatic N) is 3. The van der Waals surface area contributed by atoms with Crippen LogP contribution in [0.2, 0.25) is 0 Å². The van der Waals surface area contributed by atoms with Crippen LogP contribution in [-0.2, 0) is 13.0 Å². The normalized spacial score (nSPS) is 11.2. The van der Waals surface area contributed by atoms with E-state index in [4.69, 9.17) is 21.5 Å². The monoisotopic (exact) mass is 308 g/mol. The number of fused-ring (bicyclic) bond motifs is 1. The van der Waals surface area contributed by atoms with Crippen LogP contribution in [0.3, 0.4) is 0 Å². The lowest BCUT2D eigenvalue weighted by atomic mass is 10.2. The van der Waals surface area contributed by atoms with E-state index in [1.165, 1.54) is 13.2 Å². The second kappa shape index (κ2) is 5.28. The lowest BCUT2D eigenvalue weighted by Gasteiger charge is -2.05. The van der Waals surface area contributed by atoms with Crippen molar-refractivity contribution in [1.29, 1.82) is 0 Å². The van der Waals surface area contributed by atoms with Gasteiger partial charge in [0.2, 0.25) is 5.89 Å². The molecule has 0 aliphatic heterocycles. The zero-order valence-corrected chi connectivity index (χ0v) is 12.3.